The Balaban J connectivity index is 1.81. The van der Waals surface area contributed by atoms with Gasteiger partial charge in [0, 0.05) is 17.0 Å². The van der Waals surface area contributed by atoms with Crippen molar-refractivity contribution in [2.75, 3.05) is 14.2 Å². The Kier molecular flexibility index (Phi) is 4.57. The average molecular weight is 372 g/mol. The molecule has 4 aromatic rings. The van der Waals surface area contributed by atoms with E-state index in [2.05, 4.69) is 9.97 Å². The lowest BCUT2D eigenvalue weighted by Crippen LogP contribution is -2.00. The van der Waals surface area contributed by atoms with E-state index in [0.717, 1.165) is 38.8 Å². The summed E-state index contributed by atoms with van der Waals surface area (Å²) in [5, 5.41) is 2.01. The lowest BCUT2D eigenvalue weighted by Gasteiger charge is -2.07. The van der Waals surface area contributed by atoms with Crippen molar-refractivity contribution in [2.45, 2.75) is 6.92 Å². The van der Waals surface area contributed by atoms with Gasteiger partial charge in [-0.2, -0.15) is 0 Å². The number of carbonyl (C=O) groups is 1. The molecule has 140 valence electrons. The number of carbonyl (C=O) groups excluding carboxylic acids is 1. The number of pyridine rings is 1. The molecular weight excluding hydrogens is 352 g/mol. The number of nitrogens with one attached hydrogen (secondary N) is 1. The van der Waals surface area contributed by atoms with Gasteiger partial charge in [-0.15, -0.1) is 0 Å². The number of hydrogen-bond donors (Lipinski definition) is 1. The minimum atomic E-state index is -0.129. The molecule has 0 aliphatic heterocycles. The summed E-state index contributed by atoms with van der Waals surface area (Å²) in [4.78, 5) is 20.8. The number of nitrogens with zero attached hydrogens (tertiary/aromatic N) is 1. The fraction of sp³-hybridized carbons (Fsp3) is 0.130. The highest BCUT2D eigenvalue weighted by Crippen LogP contribution is 2.34. The van der Waals surface area contributed by atoms with E-state index in [0.29, 0.717) is 11.3 Å². The summed E-state index contributed by atoms with van der Waals surface area (Å²) in [6.07, 6.45) is 5.13. The first-order chi connectivity index (χ1) is 13.6. The van der Waals surface area contributed by atoms with Gasteiger partial charge in [0.1, 0.15) is 11.5 Å². The van der Waals surface area contributed by atoms with Crippen molar-refractivity contribution in [3.05, 3.63) is 71.6 Å². The molecule has 0 bridgehead atoms. The van der Waals surface area contributed by atoms with Crippen LogP contribution in [0.5, 0.6) is 11.5 Å². The number of aromatic amines is 1. The van der Waals surface area contributed by atoms with Gasteiger partial charge in [0.05, 0.1) is 36.5 Å². The van der Waals surface area contributed by atoms with Gasteiger partial charge in [-0.25, -0.2) is 0 Å². The summed E-state index contributed by atoms with van der Waals surface area (Å²) in [5.41, 5.74) is 4.01. The maximum absolute atomic E-state index is 13.1. The fourth-order valence-corrected chi connectivity index (χ4v) is 3.40. The highest BCUT2D eigenvalue weighted by molar-refractivity contribution is 6.20. The number of benzene rings is 2. The van der Waals surface area contributed by atoms with Crippen LogP contribution in [0.2, 0.25) is 0 Å². The van der Waals surface area contributed by atoms with Gasteiger partial charge < -0.3 is 14.5 Å². The zero-order valence-corrected chi connectivity index (χ0v) is 15.9. The molecule has 0 radical (unpaired) electrons. The van der Waals surface area contributed by atoms with Crippen molar-refractivity contribution >= 4 is 33.7 Å². The second-order valence-electron chi connectivity index (χ2n) is 6.48. The standard InChI is InChI=1S/C23H20N2O3/c1-14-22-18(12-13-24-14)17-9-11-20(28-3)21(23(17)25-22)19(26)10-6-15-4-7-16(27-2)8-5-15/h4-13,25H,1-3H3/b10-6+. The monoisotopic (exact) mass is 372 g/mol. The molecule has 1 N–H and O–H groups in total. The summed E-state index contributed by atoms with van der Waals surface area (Å²) in [6, 6.07) is 13.3. The van der Waals surface area contributed by atoms with Crippen LogP contribution in [0, 0.1) is 6.92 Å². The molecule has 4 rings (SSSR count). The molecule has 0 saturated heterocycles. The van der Waals surface area contributed by atoms with Crippen molar-refractivity contribution in [2.24, 2.45) is 0 Å². The van der Waals surface area contributed by atoms with Gasteiger partial charge in [-0.1, -0.05) is 18.2 Å². The number of ether oxygens (including phenoxy) is 2. The summed E-state index contributed by atoms with van der Waals surface area (Å²) in [6.45, 7) is 1.94. The number of H-pyrrole nitrogens is 1. The van der Waals surface area contributed by atoms with Crippen LogP contribution in [0.15, 0.2) is 54.7 Å². The second-order valence-corrected chi connectivity index (χ2v) is 6.48. The van der Waals surface area contributed by atoms with E-state index in [9.17, 15) is 4.79 Å². The Morgan fingerprint density at radius 1 is 0.964 bits per heavy atom. The maximum atomic E-state index is 13.1. The molecule has 5 nitrogen and oxygen atoms in total. The molecule has 5 heteroatoms. The summed E-state index contributed by atoms with van der Waals surface area (Å²) < 4.78 is 10.6. The van der Waals surface area contributed by atoms with Gasteiger partial charge in [-0.3, -0.25) is 9.78 Å². The second kappa shape index (κ2) is 7.19. The van der Waals surface area contributed by atoms with Crippen molar-refractivity contribution in [1.82, 2.24) is 9.97 Å². The minimum absolute atomic E-state index is 0.129. The van der Waals surface area contributed by atoms with Crippen LogP contribution in [-0.4, -0.2) is 30.0 Å². The molecule has 0 saturated carbocycles. The number of fused-ring (bicyclic) bond motifs is 3. The van der Waals surface area contributed by atoms with E-state index >= 15 is 0 Å². The first-order valence-electron chi connectivity index (χ1n) is 8.93. The molecule has 0 fully saturated rings. The Bertz CT molecular complexity index is 1200. The molecule has 0 spiro atoms. The molecule has 0 aliphatic rings. The van der Waals surface area contributed by atoms with Crippen LogP contribution >= 0.6 is 0 Å². The Hall–Kier alpha value is -3.60. The molecule has 2 aromatic heterocycles. The van der Waals surface area contributed by atoms with E-state index < -0.39 is 0 Å². The molecular formula is C23H20N2O3. The first-order valence-corrected chi connectivity index (χ1v) is 8.93. The SMILES string of the molecule is COc1ccc(/C=C/C(=O)c2c(OC)ccc3c2[nH]c2c(C)nccc23)cc1. The third-order valence-corrected chi connectivity index (χ3v) is 4.86. The van der Waals surface area contributed by atoms with Crippen molar-refractivity contribution in [1.29, 1.82) is 0 Å². The summed E-state index contributed by atoms with van der Waals surface area (Å²) >= 11 is 0. The van der Waals surface area contributed by atoms with E-state index in [1.807, 2.05) is 49.4 Å². The largest absolute Gasteiger partial charge is 0.497 e. The summed E-state index contributed by atoms with van der Waals surface area (Å²) in [7, 11) is 3.19. The smallest absolute Gasteiger partial charge is 0.191 e. The van der Waals surface area contributed by atoms with E-state index in [-0.39, 0.29) is 5.78 Å². The van der Waals surface area contributed by atoms with Gasteiger partial charge in [0.15, 0.2) is 5.78 Å². The van der Waals surface area contributed by atoms with Crippen LogP contribution < -0.4 is 9.47 Å². The van der Waals surface area contributed by atoms with E-state index in [1.54, 1.807) is 32.6 Å². The lowest BCUT2D eigenvalue weighted by atomic mass is 10.0. The number of allylic oxidation sites excluding steroid dienone is 1. The van der Waals surface area contributed by atoms with Gasteiger partial charge in [0.2, 0.25) is 0 Å². The Labute approximate surface area is 162 Å². The third kappa shape index (κ3) is 3.01. The van der Waals surface area contributed by atoms with Crippen LogP contribution in [0.25, 0.3) is 27.9 Å². The number of aromatic nitrogens is 2. The van der Waals surface area contributed by atoms with E-state index in [1.165, 1.54) is 0 Å². The number of methoxy groups -OCH3 is 2. The quantitative estimate of drug-likeness (QED) is 0.398. The van der Waals surface area contributed by atoms with Crippen LogP contribution in [0.4, 0.5) is 0 Å². The van der Waals surface area contributed by atoms with Gasteiger partial charge >= 0.3 is 0 Å². The van der Waals surface area contributed by atoms with Gasteiger partial charge in [-0.05, 0) is 48.9 Å². The Morgan fingerprint density at radius 2 is 1.71 bits per heavy atom. The minimum Gasteiger partial charge on any atom is -0.497 e. The van der Waals surface area contributed by atoms with Crippen LogP contribution in [0.3, 0.4) is 0 Å². The fourth-order valence-electron chi connectivity index (χ4n) is 3.40. The molecule has 0 amide bonds. The predicted molar refractivity (Wildman–Crippen MR) is 111 cm³/mol. The summed E-state index contributed by atoms with van der Waals surface area (Å²) in [5.74, 6) is 1.18. The predicted octanol–water partition coefficient (Wildman–Crippen LogP) is 4.94. The molecule has 0 unspecified atom stereocenters. The number of aryl methyl sites for hydroxylation is 1. The molecule has 0 atom stereocenters. The lowest BCUT2D eigenvalue weighted by molar-refractivity contribution is 0.104. The highest BCUT2D eigenvalue weighted by atomic mass is 16.5. The third-order valence-electron chi connectivity index (χ3n) is 4.86. The number of ketones is 1. The average Bonchev–Trinajstić information content (AvgIpc) is 3.11. The topological polar surface area (TPSA) is 64.2 Å². The number of rotatable bonds is 5. The maximum Gasteiger partial charge on any atom is 0.191 e. The normalized spacial score (nSPS) is 11.4. The molecule has 2 heterocycles. The molecule has 2 aromatic carbocycles. The Morgan fingerprint density at radius 3 is 2.43 bits per heavy atom. The van der Waals surface area contributed by atoms with Gasteiger partial charge in [0.25, 0.3) is 0 Å². The highest BCUT2D eigenvalue weighted by Gasteiger charge is 2.18. The zero-order chi connectivity index (χ0) is 19.7. The van der Waals surface area contributed by atoms with Crippen molar-refractivity contribution in [3.8, 4) is 11.5 Å². The van der Waals surface area contributed by atoms with E-state index in [4.69, 9.17) is 9.47 Å². The molecule has 28 heavy (non-hydrogen) atoms. The van der Waals surface area contributed by atoms with Crippen molar-refractivity contribution in [3.63, 3.8) is 0 Å². The van der Waals surface area contributed by atoms with Crippen LogP contribution in [0.1, 0.15) is 21.6 Å². The first kappa shape index (κ1) is 17.8. The van der Waals surface area contributed by atoms with Crippen LogP contribution in [-0.2, 0) is 0 Å². The molecule has 0 aliphatic carbocycles. The zero-order valence-electron chi connectivity index (χ0n) is 15.9. The van der Waals surface area contributed by atoms with Crippen molar-refractivity contribution < 1.29 is 14.3 Å². The number of hydrogen-bond acceptors (Lipinski definition) is 4.